The molecule has 2 saturated heterocycles. The third-order valence-corrected chi connectivity index (χ3v) is 4.83. The van der Waals surface area contributed by atoms with E-state index in [9.17, 15) is 9.59 Å². The Bertz CT molecular complexity index is 603. The van der Waals surface area contributed by atoms with Crippen LogP contribution in [0.5, 0.6) is 0 Å². The van der Waals surface area contributed by atoms with Gasteiger partial charge in [0.1, 0.15) is 12.2 Å². The first-order chi connectivity index (χ1) is 11.1. The topological polar surface area (TPSA) is 71.3 Å². The Morgan fingerprint density at radius 1 is 1.43 bits per heavy atom. The summed E-state index contributed by atoms with van der Waals surface area (Å²) < 4.78 is 1.95. The van der Waals surface area contributed by atoms with Gasteiger partial charge in [0.25, 0.3) is 0 Å². The maximum Gasteiger partial charge on any atom is 0.227 e. The Morgan fingerprint density at radius 2 is 2.17 bits per heavy atom. The summed E-state index contributed by atoms with van der Waals surface area (Å²) in [5.74, 6) is 1.31. The zero-order valence-corrected chi connectivity index (χ0v) is 13.5. The second kappa shape index (κ2) is 6.52. The van der Waals surface area contributed by atoms with Crippen molar-refractivity contribution in [3.63, 3.8) is 0 Å². The standard InChI is InChI=1S/C16H23N5O2/c1-3-6-21-10-13(9-14(21)22)16(23)20-7-4-12(5-8-20)15-18-17-11-19(15)2/h3,11-13H,1,4-10H2,2H3/t13-/m1/s1. The van der Waals surface area contributed by atoms with Gasteiger partial charge in [-0.3, -0.25) is 9.59 Å². The quantitative estimate of drug-likeness (QED) is 0.761. The molecule has 0 aliphatic carbocycles. The first-order valence-electron chi connectivity index (χ1n) is 8.11. The number of aromatic nitrogens is 3. The number of piperidine rings is 1. The van der Waals surface area contributed by atoms with Crippen LogP contribution in [-0.2, 0) is 16.6 Å². The number of hydrogen-bond acceptors (Lipinski definition) is 4. The van der Waals surface area contributed by atoms with Crippen molar-refractivity contribution in [1.82, 2.24) is 24.6 Å². The van der Waals surface area contributed by atoms with Gasteiger partial charge in [0.05, 0.1) is 5.92 Å². The summed E-state index contributed by atoms with van der Waals surface area (Å²) in [6.07, 6.45) is 5.54. The average Bonchev–Trinajstić information content (AvgIpc) is 3.14. The third kappa shape index (κ3) is 3.13. The van der Waals surface area contributed by atoms with Crippen LogP contribution in [0.15, 0.2) is 19.0 Å². The summed E-state index contributed by atoms with van der Waals surface area (Å²) in [7, 11) is 1.95. The van der Waals surface area contributed by atoms with Gasteiger partial charge in [-0.1, -0.05) is 6.08 Å². The van der Waals surface area contributed by atoms with Crippen LogP contribution in [-0.4, -0.2) is 62.6 Å². The minimum Gasteiger partial charge on any atom is -0.342 e. The second-order valence-electron chi connectivity index (χ2n) is 6.39. The molecule has 23 heavy (non-hydrogen) atoms. The van der Waals surface area contributed by atoms with Crippen LogP contribution >= 0.6 is 0 Å². The highest BCUT2D eigenvalue weighted by Crippen LogP contribution is 2.28. The number of amides is 2. The Balaban J connectivity index is 1.56. The normalized spacial score (nSPS) is 22.7. The molecule has 1 aromatic rings. The molecule has 7 heteroatoms. The Hall–Kier alpha value is -2.18. The van der Waals surface area contributed by atoms with Crippen LogP contribution in [0.3, 0.4) is 0 Å². The third-order valence-electron chi connectivity index (χ3n) is 4.83. The molecule has 0 spiro atoms. The van der Waals surface area contributed by atoms with E-state index in [1.165, 1.54) is 0 Å². The zero-order valence-electron chi connectivity index (χ0n) is 13.5. The monoisotopic (exact) mass is 317 g/mol. The molecular weight excluding hydrogens is 294 g/mol. The van der Waals surface area contributed by atoms with E-state index in [-0.39, 0.29) is 17.7 Å². The largest absolute Gasteiger partial charge is 0.342 e. The van der Waals surface area contributed by atoms with Crippen molar-refractivity contribution in [3.8, 4) is 0 Å². The van der Waals surface area contributed by atoms with Gasteiger partial charge in [0.2, 0.25) is 11.8 Å². The number of hydrogen-bond donors (Lipinski definition) is 0. The van der Waals surface area contributed by atoms with Gasteiger partial charge < -0.3 is 14.4 Å². The van der Waals surface area contributed by atoms with Crippen LogP contribution in [0.25, 0.3) is 0 Å². The van der Waals surface area contributed by atoms with Crippen LogP contribution < -0.4 is 0 Å². The first-order valence-corrected chi connectivity index (χ1v) is 8.11. The minimum absolute atomic E-state index is 0.0530. The maximum atomic E-state index is 12.6. The molecule has 0 saturated carbocycles. The summed E-state index contributed by atoms with van der Waals surface area (Å²) in [5, 5.41) is 8.11. The summed E-state index contributed by atoms with van der Waals surface area (Å²) in [5.41, 5.74) is 0. The smallest absolute Gasteiger partial charge is 0.227 e. The van der Waals surface area contributed by atoms with Crippen LogP contribution in [0.1, 0.15) is 31.0 Å². The van der Waals surface area contributed by atoms with Crippen molar-refractivity contribution < 1.29 is 9.59 Å². The molecule has 1 aromatic heterocycles. The highest BCUT2D eigenvalue weighted by molar-refractivity contribution is 5.89. The molecule has 0 unspecified atom stereocenters. The van der Waals surface area contributed by atoms with E-state index >= 15 is 0 Å². The SMILES string of the molecule is C=CCN1C[C@H](C(=O)N2CCC(c3nncn3C)CC2)CC1=O. The Kier molecular flexibility index (Phi) is 4.45. The molecule has 3 rings (SSSR count). The molecule has 124 valence electrons. The van der Waals surface area contributed by atoms with Crippen LogP contribution in [0.2, 0.25) is 0 Å². The van der Waals surface area contributed by atoms with Gasteiger partial charge in [-0.05, 0) is 12.8 Å². The molecule has 2 aliphatic rings. The molecule has 2 aliphatic heterocycles. The second-order valence-corrected chi connectivity index (χ2v) is 6.39. The molecular formula is C16H23N5O2. The van der Waals surface area contributed by atoms with Crippen LogP contribution in [0, 0.1) is 5.92 Å². The van der Waals surface area contributed by atoms with Crippen molar-refractivity contribution in [2.45, 2.75) is 25.2 Å². The molecule has 0 bridgehead atoms. The van der Waals surface area contributed by atoms with E-state index in [1.54, 1.807) is 17.3 Å². The van der Waals surface area contributed by atoms with Gasteiger partial charge in [-0.15, -0.1) is 16.8 Å². The van der Waals surface area contributed by atoms with Crippen molar-refractivity contribution in [1.29, 1.82) is 0 Å². The Morgan fingerprint density at radius 3 is 2.78 bits per heavy atom. The number of nitrogens with zero attached hydrogens (tertiary/aromatic N) is 5. The average molecular weight is 317 g/mol. The summed E-state index contributed by atoms with van der Waals surface area (Å²) in [6, 6.07) is 0. The highest BCUT2D eigenvalue weighted by Gasteiger charge is 2.37. The molecule has 2 fully saturated rings. The van der Waals surface area contributed by atoms with Gasteiger partial charge in [0, 0.05) is 45.6 Å². The van der Waals surface area contributed by atoms with Gasteiger partial charge in [-0.25, -0.2) is 0 Å². The predicted molar refractivity (Wildman–Crippen MR) is 84.4 cm³/mol. The summed E-state index contributed by atoms with van der Waals surface area (Å²) in [4.78, 5) is 28.2. The molecule has 1 atom stereocenters. The van der Waals surface area contributed by atoms with Crippen LogP contribution in [0.4, 0.5) is 0 Å². The number of rotatable bonds is 4. The number of aryl methyl sites for hydroxylation is 1. The molecule has 0 radical (unpaired) electrons. The van der Waals surface area contributed by atoms with E-state index in [0.29, 0.717) is 25.4 Å². The molecule has 3 heterocycles. The molecule has 0 aromatic carbocycles. The predicted octanol–water partition coefficient (Wildman–Crippen LogP) is 0.556. The Labute approximate surface area is 136 Å². The lowest BCUT2D eigenvalue weighted by molar-refractivity contribution is -0.136. The van der Waals surface area contributed by atoms with Gasteiger partial charge in [-0.2, -0.15) is 0 Å². The number of carbonyl (C=O) groups is 2. The van der Waals surface area contributed by atoms with E-state index in [4.69, 9.17) is 0 Å². The fourth-order valence-electron chi connectivity index (χ4n) is 3.55. The van der Waals surface area contributed by atoms with Gasteiger partial charge >= 0.3 is 0 Å². The van der Waals surface area contributed by atoms with E-state index in [1.807, 2.05) is 16.5 Å². The lowest BCUT2D eigenvalue weighted by Crippen LogP contribution is -2.42. The fraction of sp³-hybridized carbons (Fsp3) is 0.625. The first kappa shape index (κ1) is 15.7. The van der Waals surface area contributed by atoms with Crippen molar-refractivity contribution in [2.75, 3.05) is 26.2 Å². The van der Waals surface area contributed by atoms with Crippen molar-refractivity contribution in [2.24, 2.45) is 13.0 Å². The van der Waals surface area contributed by atoms with E-state index in [2.05, 4.69) is 16.8 Å². The lowest BCUT2D eigenvalue weighted by Gasteiger charge is -2.33. The molecule has 7 nitrogen and oxygen atoms in total. The fourth-order valence-corrected chi connectivity index (χ4v) is 3.55. The van der Waals surface area contributed by atoms with Crippen molar-refractivity contribution >= 4 is 11.8 Å². The summed E-state index contributed by atoms with van der Waals surface area (Å²) in [6.45, 7) is 6.15. The number of likely N-dealkylation sites (tertiary alicyclic amines) is 2. The van der Waals surface area contributed by atoms with Crippen molar-refractivity contribution in [3.05, 3.63) is 24.8 Å². The highest BCUT2D eigenvalue weighted by atomic mass is 16.2. The maximum absolute atomic E-state index is 12.6. The summed E-state index contributed by atoms with van der Waals surface area (Å²) >= 11 is 0. The minimum atomic E-state index is -0.200. The zero-order chi connectivity index (χ0) is 16.4. The lowest BCUT2D eigenvalue weighted by atomic mass is 9.94. The van der Waals surface area contributed by atoms with E-state index < -0.39 is 0 Å². The number of carbonyl (C=O) groups excluding carboxylic acids is 2. The molecule has 2 amide bonds. The van der Waals surface area contributed by atoms with E-state index in [0.717, 1.165) is 31.8 Å². The molecule has 0 N–H and O–H groups in total. The van der Waals surface area contributed by atoms with Gasteiger partial charge in [0.15, 0.2) is 0 Å².